The average molecular weight is 341 g/mol. The molecule has 20 heavy (non-hydrogen) atoms. The lowest BCUT2D eigenvalue weighted by Gasteiger charge is -2.19. The molecule has 1 N–H and O–H groups in total. The van der Waals surface area contributed by atoms with Crippen molar-refractivity contribution < 1.29 is 9.53 Å². The molecule has 6 nitrogen and oxygen atoms in total. The van der Waals surface area contributed by atoms with Gasteiger partial charge in [0.2, 0.25) is 0 Å². The first-order chi connectivity index (χ1) is 9.24. The van der Waals surface area contributed by atoms with Gasteiger partial charge in [-0.25, -0.2) is 14.8 Å². The Labute approximate surface area is 125 Å². The van der Waals surface area contributed by atoms with Crippen molar-refractivity contribution in [1.29, 1.82) is 0 Å². The molecule has 0 aliphatic rings. The molecule has 1 amide bonds. The van der Waals surface area contributed by atoms with E-state index in [-0.39, 0.29) is 6.54 Å². The molecule has 2 heterocycles. The third kappa shape index (κ3) is 3.69. The highest BCUT2D eigenvalue weighted by molar-refractivity contribution is 9.10. The first-order valence-electron chi connectivity index (χ1n) is 6.22. The quantitative estimate of drug-likeness (QED) is 0.912. The number of aromatic nitrogens is 3. The van der Waals surface area contributed by atoms with Crippen LogP contribution in [0.2, 0.25) is 0 Å². The molecule has 0 unspecified atom stereocenters. The lowest BCUT2D eigenvalue weighted by molar-refractivity contribution is 0.0523. The highest BCUT2D eigenvalue weighted by Gasteiger charge is 2.16. The van der Waals surface area contributed by atoms with Gasteiger partial charge in [-0.1, -0.05) is 0 Å². The van der Waals surface area contributed by atoms with Crippen LogP contribution >= 0.6 is 15.9 Å². The molecule has 0 saturated carbocycles. The number of imidazole rings is 1. The summed E-state index contributed by atoms with van der Waals surface area (Å²) < 4.78 is 7.75. The van der Waals surface area contributed by atoms with Crippen LogP contribution in [-0.4, -0.2) is 26.1 Å². The largest absolute Gasteiger partial charge is 0.444 e. The normalized spacial score (nSPS) is 11.7. The SMILES string of the molecule is Cc1cn2cc(Br)nc(CNC(=O)OC(C)(C)C)c2n1. The number of hydrogen-bond donors (Lipinski definition) is 1. The van der Waals surface area contributed by atoms with Gasteiger partial charge in [-0.2, -0.15) is 0 Å². The molecule has 108 valence electrons. The molecule has 0 fully saturated rings. The second-order valence-electron chi connectivity index (χ2n) is 5.48. The average Bonchev–Trinajstić information content (AvgIpc) is 2.63. The number of alkyl carbamates (subject to hydrolysis) is 1. The minimum Gasteiger partial charge on any atom is -0.444 e. The summed E-state index contributed by atoms with van der Waals surface area (Å²) in [6, 6.07) is 0. The zero-order valence-corrected chi connectivity index (χ0v) is 13.5. The topological polar surface area (TPSA) is 68.5 Å². The molecule has 0 aliphatic carbocycles. The van der Waals surface area contributed by atoms with Gasteiger partial charge in [0.15, 0.2) is 5.65 Å². The van der Waals surface area contributed by atoms with E-state index in [4.69, 9.17) is 4.74 Å². The van der Waals surface area contributed by atoms with Gasteiger partial charge in [-0.05, 0) is 43.6 Å². The molecular formula is C13H17BrN4O2. The van der Waals surface area contributed by atoms with Crippen molar-refractivity contribution in [1.82, 2.24) is 19.7 Å². The third-order valence-corrected chi connectivity index (χ3v) is 2.78. The van der Waals surface area contributed by atoms with Crippen LogP contribution in [0.4, 0.5) is 4.79 Å². The molecule has 0 atom stereocenters. The van der Waals surface area contributed by atoms with Gasteiger partial charge in [0.05, 0.1) is 12.2 Å². The molecule has 0 bridgehead atoms. The zero-order chi connectivity index (χ0) is 14.9. The summed E-state index contributed by atoms with van der Waals surface area (Å²) in [6.45, 7) is 7.63. The Balaban J connectivity index is 2.15. The zero-order valence-electron chi connectivity index (χ0n) is 11.9. The van der Waals surface area contributed by atoms with Crippen LogP contribution in [0.15, 0.2) is 17.0 Å². The van der Waals surface area contributed by atoms with E-state index in [1.54, 1.807) is 0 Å². The fraction of sp³-hybridized carbons (Fsp3) is 0.462. The van der Waals surface area contributed by atoms with Crippen LogP contribution in [0.5, 0.6) is 0 Å². The maximum Gasteiger partial charge on any atom is 0.407 e. The number of hydrogen-bond acceptors (Lipinski definition) is 4. The summed E-state index contributed by atoms with van der Waals surface area (Å²) in [4.78, 5) is 20.4. The van der Waals surface area contributed by atoms with Crippen molar-refractivity contribution in [3.8, 4) is 0 Å². The number of nitrogens with one attached hydrogen (secondary N) is 1. The first-order valence-corrected chi connectivity index (χ1v) is 7.01. The highest BCUT2D eigenvalue weighted by atomic mass is 79.9. The molecule has 0 radical (unpaired) electrons. The van der Waals surface area contributed by atoms with Crippen molar-refractivity contribution in [2.24, 2.45) is 0 Å². The summed E-state index contributed by atoms with van der Waals surface area (Å²) in [5.74, 6) is 0. The molecule has 2 aromatic heterocycles. The Kier molecular flexibility index (Phi) is 3.99. The number of halogens is 1. The predicted octanol–water partition coefficient (Wildman–Crippen LogP) is 2.82. The Bertz CT molecular complexity index is 646. The summed E-state index contributed by atoms with van der Waals surface area (Å²) in [7, 11) is 0. The van der Waals surface area contributed by atoms with Gasteiger partial charge in [-0.15, -0.1) is 0 Å². The Morgan fingerprint density at radius 1 is 1.40 bits per heavy atom. The van der Waals surface area contributed by atoms with E-state index in [2.05, 4.69) is 31.2 Å². The number of aryl methyl sites for hydroxylation is 1. The van der Waals surface area contributed by atoms with Crippen LogP contribution in [0.3, 0.4) is 0 Å². The lowest BCUT2D eigenvalue weighted by atomic mass is 10.2. The van der Waals surface area contributed by atoms with Gasteiger partial charge in [-0.3, -0.25) is 0 Å². The lowest BCUT2D eigenvalue weighted by Crippen LogP contribution is -2.32. The van der Waals surface area contributed by atoms with Gasteiger partial charge in [0.1, 0.15) is 15.9 Å². The Morgan fingerprint density at radius 3 is 2.75 bits per heavy atom. The van der Waals surface area contributed by atoms with Crippen LogP contribution in [0, 0.1) is 6.92 Å². The minimum absolute atomic E-state index is 0.258. The van der Waals surface area contributed by atoms with E-state index < -0.39 is 11.7 Å². The smallest absolute Gasteiger partial charge is 0.407 e. The van der Waals surface area contributed by atoms with Crippen LogP contribution in [-0.2, 0) is 11.3 Å². The molecule has 0 aliphatic heterocycles. The maximum absolute atomic E-state index is 11.7. The van der Waals surface area contributed by atoms with Gasteiger partial charge in [0.25, 0.3) is 0 Å². The van der Waals surface area contributed by atoms with E-state index in [9.17, 15) is 4.79 Å². The monoisotopic (exact) mass is 340 g/mol. The molecular weight excluding hydrogens is 324 g/mol. The number of carbonyl (C=O) groups excluding carboxylic acids is 1. The van der Waals surface area contributed by atoms with E-state index >= 15 is 0 Å². The first kappa shape index (κ1) is 14.8. The molecule has 2 rings (SSSR count). The van der Waals surface area contributed by atoms with Crippen molar-refractivity contribution in [2.75, 3.05) is 0 Å². The number of ether oxygens (including phenoxy) is 1. The van der Waals surface area contributed by atoms with E-state index in [1.807, 2.05) is 44.5 Å². The minimum atomic E-state index is -0.520. The third-order valence-electron chi connectivity index (χ3n) is 2.40. The Hall–Kier alpha value is -1.63. The van der Waals surface area contributed by atoms with Gasteiger partial charge in [0, 0.05) is 12.4 Å². The molecule has 2 aromatic rings. The standard InChI is InChI=1S/C13H17BrN4O2/c1-8-6-18-7-10(14)17-9(11(18)16-8)5-15-12(19)20-13(2,3)4/h6-7H,5H2,1-4H3,(H,15,19). The van der Waals surface area contributed by atoms with Crippen molar-refractivity contribution in [2.45, 2.75) is 39.8 Å². The maximum atomic E-state index is 11.7. The Morgan fingerprint density at radius 2 is 2.10 bits per heavy atom. The number of amides is 1. The van der Waals surface area contributed by atoms with Crippen molar-refractivity contribution >= 4 is 27.7 Å². The number of fused-ring (bicyclic) bond motifs is 1. The molecule has 0 spiro atoms. The summed E-state index contributed by atoms with van der Waals surface area (Å²) >= 11 is 3.34. The van der Waals surface area contributed by atoms with Gasteiger partial charge < -0.3 is 14.5 Å². The van der Waals surface area contributed by atoms with Crippen LogP contribution in [0.1, 0.15) is 32.2 Å². The van der Waals surface area contributed by atoms with Crippen LogP contribution in [0.25, 0.3) is 5.65 Å². The number of nitrogens with zero attached hydrogens (tertiary/aromatic N) is 3. The number of rotatable bonds is 2. The second kappa shape index (κ2) is 5.40. The fourth-order valence-corrected chi connectivity index (χ4v) is 2.17. The molecule has 0 saturated heterocycles. The fourth-order valence-electron chi connectivity index (χ4n) is 1.74. The second-order valence-corrected chi connectivity index (χ2v) is 6.29. The molecule has 0 aromatic carbocycles. The van der Waals surface area contributed by atoms with Crippen molar-refractivity contribution in [3.63, 3.8) is 0 Å². The predicted molar refractivity (Wildman–Crippen MR) is 78.5 cm³/mol. The summed E-state index contributed by atoms with van der Waals surface area (Å²) in [5.41, 5.74) is 1.78. The number of carbonyl (C=O) groups is 1. The highest BCUT2D eigenvalue weighted by Crippen LogP contribution is 2.14. The summed E-state index contributed by atoms with van der Waals surface area (Å²) in [5, 5.41) is 2.69. The van der Waals surface area contributed by atoms with E-state index in [1.165, 1.54) is 0 Å². The molecule has 7 heteroatoms. The summed E-state index contributed by atoms with van der Waals surface area (Å²) in [6.07, 6.45) is 3.26. The van der Waals surface area contributed by atoms with Crippen LogP contribution < -0.4 is 5.32 Å². The van der Waals surface area contributed by atoms with E-state index in [0.717, 1.165) is 11.3 Å². The van der Waals surface area contributed by atoms with Gasteiger partial charge >= 0.3 is 6.09 Å². The van der Waals surface area contributed by atoms with Crippen molar-refractivity contribution in [3.05, 3.63) is 28.4 Å². The van der Waals surface area contributed by atoms with E-state index in [0.29, 0.717) is 10.3 Å².